The van der Waals surface area contributed by atoms with Crippen LogP contribution in [0.15, 0.2) is 54.6 Å². The van der Waals surface area contributed by atoms with E-state index >= 15 is 0 Å². The molecule has 4 rings (SSSR count). The standard InChI is InChI=1S/C22H22N2O3/c1-14(27-22(26)20-13-16-8-3-5-11-18(16)23-20)21(25)24-19-12-6-9-15-7-2-4-10-17(15)19/h2-5,7-8,10-11,13-14,19,23H,6,9,12H2,1H3,(H,24,25)/t14-,19-/m1/s1. The molecule has 138 valence electrons. The number of ether oxygens (including phenoxy) is 1. The Morgan fingerprint density at radius 1 is 1.15 bits per heavy atom. The number of hydrogen-bond donors (Lipinski definition) is 2. The minimum absolute atomic E-state index is 0.0309. The lowest BCUT2D eigenvalue weighted by atomic mass is 9.87. The average Bonchev–Trinajstić information content (AvgIpc) is 3.12. The van der Waals surface area contributed by atoms with Gasteiger partial charge in [0.1, 0.15) is 5.69 Å². The van der Waals surface area contributed by atoms with Gasteiger partial charge in [0, 0.05) is 10.9 Å². The number of esters is 1. The van der Waals surface area contributed by atoms with Gasteiger partial charge in [-0.1, -0.05) is 42.5 Å². The number of benzene rings is 2. The SMILES string of the molecule is C[C@@H](OC(=O)c1cc2ccccc2[nH]1)C(=O)N[C@@H]1CCCc2ccccc21. The summed E-state index contributed by atoms with van der Waals surface area (Å²) in [5.74, 6) is -0.806. The van der Waals surface area contributed by atoms with E-state index in [0.717, 1.165) is 35.7 Å². The second-order valence-electron chi connectivity index (χ2n) is 6.97. The molecule has 2 aromatic carbocycles. The van der Waals surface area contributed by atoms with E-state index in [0.29, 0.717) is 5.69 Å². The van der Waals surface area contributed by atoms with Crippen molar-refractivity contribution in [3.8, 4) is 0 Å². The van der Waals surface area contributed by atoms with E-state index in [9.17, 15) is 9.59 Å². The molecule has 0 fully saturated rings. The van der Waals surface area contributed by atoms with Crippen molar-refractivity contribution in [1.29, 1.82) is 0 Å². The zero-order chi connectivity index (χ0) is 18.8. The van der Waals surface area contributed by atoms with Gasteiger partial charge in [-0.3, -0.25) is 4.79 Å². The highest BCUT2D eigenvalue weighted by Crippen LogP contribution is 2.29. The van der Waals surface area contributed by atoms with Crippen LogP contribution < -0.4 is 5.32 Å². The van der Waals surface area contributed by atoms with E-state index in [1.165, 1.54) is 5.56 Å². The smallest absolute Gasteiger partial charge is 0.355 e. The molecule has 0 bridgehead atoms. The van der Waals surface area contributed by atoms with Crippen molar-refractivity contribution in [1.82, 2.24) is 10.3 Å². The fourth-order valence-corrected chi connectivity index (χ4v) is 3.65. The quantitative estimate of drug-likeness (QED) is 0.691. The first kappa shape index (κ1) is 17.3. The first-order chi connectivity index (χ1) is 13.1. The third kappa shape index (κ3) is 3.58. The summed E-state index contributed by atoms with van der Waals surface area (Å²) in [7, 11) is 0. The Hall–Kier alpha value is -3.08. The Labute approximate surface area is 157 Å². The Morgan fingerprint density at radius 2 is 1.93 bits per heavy atom. The number of carbonyl (C=O) groups excluding carboxylic acids is 2. The second kappa shape index (κ2) is 7.27. The number of aromatic nitrogens is 1. The monoisotopic (exact) mass is 362 g/mol. The third-order valence-electron chi connectivity index (χ3n) is 5.09. The minimum Gasteiger partial charge on any atom is -0.448 e. The third-order valence-corrected chi connectivity index (χ3v) is 5.09. The highest BCUT2D eigenvalue weighted by molar-refractivity contribution is 5.96. The lowest BCUT2D eigenvalue weighted by Gasteiger charge is -2.27. The molecule has 0 saturated carbocycles. The van der Waals surface area contributed by atoms with Gasteiger partial charge in [0.2, 0.25) is 0 Å². The molecule has 1 aromatic heterocycles. The maximum atomic E-state index is 12.6. The summed E-state index contributed by atoms with van der Waals surface area (Å²) in [6.45, 7) is 1.60. The van der Waals surface area contributed by atoms with Crippen LogP contribution in [0.1, 0.15) is 47.4 Å². The van der Waals surface area contributed by atoms with Crippen molar-refractivity contribution in [3.05, 3.63) is 71.4 Å². The number of aryl methyl sites for hydroxylation is 1. The Morgan fingerprint density at radius 3 is 2.78 bits per heavy atom. The van der Waals surface area contributed by atoms with Crippen LogP contribution in [0.5, 0.6) is 0 Å². The van der Waals surface area contributed by atoms with E-state index in [4.69, 9.17) is 4.74 Å². The largest absolute Gasteiger partial charge is 0.448 e. The summed E-state index contributed by atoms with van der Waals surface area (Å²) < 4.78 is 5.38. The van der Waals surface area contributed by atoms with Crippen molar-refractivity contribution in [2.45, 2.75) is 38.3 Å². The minimum atomic E-state index is -0.863. The van der Waals surface area contributed by atoms with Crippen LogP contribution >= 0.6 is 0 Å². The van der Waals surface area contributed by atoms with Gasteiger partial charge in [-0.15, -0.1) is 0 Å². The fourth-order valence-electron chi connectivity index (χ4n) is 3.65. The van der Waals surface area contributed by atoms with E-state index in [1.54, 1.807) is 13.0 Å². The average molecular weight is 362 g/mol. The maximum Gasteiger partial charge on any atom is 0.355 e. The highest BCUT2D eigenvalue weighted by atomic mass is 16.5. The summed E-state index contributed by atoms with van der Waals surface area (Å²) in [6, 6.07) is 17.5. The molecule has 1 aliphatic carbocycles. The molecule has 1 heterocycles. The van der Waals surface area contributed by atoms with Crippen molar-refractivity contribution < 1.29 is 14.3 Å². The number of para-hydroxylation sites is 1. The Balaban J connectivity index is 1.41. The topological polar surface area (TPSA) is 71.2 Å². The van der Waals surface area contributed by atoms with Crippen LogP contribution in [-0.4, -0.2) is 23.0 Å². The zero-order valence-electron chi connectivity index (χ0n) is 15.2. The Bertz CT molecular complexity index is 959. The van der Waals surface area contributed by atoms with Crippen LogP contribution in [0.4, 0.5) is 0 Å². The van der Waals surface area contributed by atoms with E-state index < -0.39 is 12.1 Å². The number of nitrogens with one attached hydrogen (secondary N) is 2. The number of amides is 1. The number of hydrogen-bond acceptors (Lipinski definition) is 3. The van der Waals surface area contributed by atoms with Crippen LogP contribution in [0.25, 0.3) is 10.9 Å². The van der Waals surface area contributed by atoms with Crippen molar-refractivity contribution in [2.75, 3.05) is 0 Å². The van der Waals surface area contributed by atoms with Crippen molar-refractivity contribution in [3.63, 3.8) is 0 Å². The van der Waals surface area contributed by atoms with Crippen LogP contribution in [-0.2, 0) is 16.0 Å². The van der Waals surface area contributed by atoms with E-state index in [2.05, 4.69) is 22.4 Å². The van der Waals surface area contributed by atoms with Gasteiger partial charge in [0.15, 0.2) is 6.10 Å². The number of carbonyl (C=O) groups is 2. The van der Waals surface area contributed by atoms with Crippen molar-refractivity contribution in [2.24, 2.45) is 0 Å². The first-order valence-corrected chi connectivity index (χ1v) is 9.29. The predicted octanol–water partition coefficient (Wildman–Crippen LogP) is 3.91. The summed E-state index contributed by atoms with van der Waals surface area (Å²) >= 11 is 0. The highest BCUT2D eigenvalue weighted by Gasteiger charge is 2.26. The molecule has 2 atom stereocenters. The van der Waals surface area contributed by atoms with Gasteiger partial charge >= 0.3 is 5.97 Å². The lowest BCUT2D eigenvalue weighted by molar-refractivity contribution is -0.130. The summed E-state index contributed by atoms with van der Waals surface area (Å²) in [5, 5.41) is 3.96. The van der Waals surface area contributed by atoms with Gasteiger partial charge < -0.3 is 15.0 Å². The molecule has 0 spiro atoms. The molecule has 5 nitrogen and oxygen atoms in total. The normalized spacial score (nSPS) is 17.1. The number of fused-ring (bicyclic) bond motifs is 2. The van der Waals surface area contributed by atoms with Gasteiger partial charge in [-0.05, 0) is 49.4 Å². The summed E-state index contributed by atoms with van der Waals surface area (Å²) in [6.07, 6.45) is 2.10. The Kier molecular flexibility index (Phi) is 4.67. The predicted molar refractivity (Wildman–Crippen MR) is 103 cm³/mol. The second-order valence-corrected chi connectivity index (χ2v) is 6.97. The maximum absolute atomic E-state index is 12.6. The molecule has 2 N–H and O–H groups in total. The first-order valence-electron chi connectivity index (χ1n) is 9.29. The van der Waals surface area contributed by atoms with Crippen LogP contribution in [0.2, 0.25) is 0 Å². The fraction of sp³-hybridized carbons (Fsp3) is 0.273. The molecular weight excluding hydrogens is 340 g/mol. The lowest BCUT2D eigenvalue weighted by Crippen LogP contribution is -2.39. The molecule has 1 amide bonds. The molecule has 0 saturated heterocycles. The zero-order valence-corrected chi connectivity index (χ0v) is 15.2. The molecular formula is C22H22N2O3. The van der Waals surface area contributed by atoms with Gasteiger partial charge in [-0.25, -0.2) is 4.79 Å². The number of H-pyrrole nitrogens is 1. The van der Waals surface area contributed by atoms with Gasteiger partial charge in [0.25, 0.3) is 5.91 Å². The molecule has 0 aliphatic heterocycles. The van der Waals surface area contributed by atoms with Gasteiger partial charge in [-0.2, -0.15) is 0 Å². The van der Waals surface area contributed by atoms with Crippen LogP contribution in [0.3, 0.4) is 0 Å². The van der Waals surface area contributed by atoms with Crippen molar-refractivity contribution >= 4 is 22.8 Å². The number of aromatic amines is 1. The van der Waals surface area contributed by atoms with Crippen LogP contribution in [0, 0.1) is 0 Å². The molecule has 0 radical (unpaired) electrons. The van der Waals surface area contributed by atoms with E-state index in [-0.39, 0.29) is 11.9 Å². The molecule has 27 heavy (non-hydrogen) atoms. The summed E-state index contributed by atoms with van der Waals surface area (Å²) in [4.78, 5) is 28.0. The number of rotatable bonds is 4. The molecule has 0 unspecified atom stereocenters. The summed E-state index contributed by atoms with van der Waals surface area (Å²) in [5.41, 5.74) is 3.64. The molecule has 3 aromatic rings. The van der Waals surface area contributed by atoms with E-state index in [1.807, 2.05) is 36.4 Å². The molecule has 5 heteroatoms. The van der Waals surface area contributed by atoms with Gasteiger partial charge in [0.05, 0.1) is 6.04 Å². The molecule has 1 aliphatic rings.